The summed E-state index contributed by atoms with van der Waals surface area (Å²) in [6.07, 6.45) is 8.46. The highest BCUT2D eigenvalue weighted by Gasteiger charge is 2.61. The van der Waals surface area contributed by atoms with E-state index in [9.17, 15) is 27.6 Å². The van der Waals surface area contributed by atoms with Crippen molar-refractivity contribution in [1.82, 2.24) is 28.5 Å². The summed E-state index contributed by atoms with van der Waals surface area (Å²) in [6, 6.07) is 3.03. The second-order valence-electron chi connectivity index (χ2n) is 15.6. The van der Waals surface area contributed by atoms with Crippen LogP contribution in [0.15, 0.2) is 30.5 Å². The number of fused-ring (bicyclic) bond motifs is 3. The number of hydrogen-bond acceptors (Lipinski definition) is 10. The topological polar surface area (TPSA) is 170 Å². The van der Waals surface area contributed by atoms with E-state index >= 15 is 0 Å². The van der Waals surface area contributed by atoms with Crippen molar-refractivity contribution < 1.29 is 37.1 Å². The van der Waals surface area contributed by atoms with Crippen molar-refractivity contribution in [3.8, 4) is 6.01 Å². The zero-order chi connectivity index (χ0) is 37.3. The zero-order valence-corrected chi connectivity index (χ0v) is 31.6. The number of ether oxygens (including phenoxy) is 2. The van der Waals surface area contributed by atoms with E-state index in [1.54, 1.807) is 27.0 Å². The molecule has 0 bridgehead atoms. The fourth-order valence-corrected chi connectivity index (χ4v) is 7.78. The van der Waals surface area contributed by atoms with Gasteiger partial charge in [0.2, 0.25) is 11.8 Å². The van der Waals surface area contributed by atoms with Crippen molar-refractivity contribution in [1.29, 1.82) is 0 Å². The van der Waals surface area contributed by atoms with Crippen LogP contribution in [0, 0.1) is 17.3 Å². The smallest absolute Gasteiger partial charge is 0.307 e. The van der Waals surface area contributed by atoms with E-state index in [1.165, 1.54) is 19.0 Å². The van der Waals surface area contributed by atoms with Gasteiger partial charge in [-0.05, 0) is 78.4 Å². The molecule has 5 rings (SSSR count). The first-order valence-electron chi connectivity index (χ1n) is 17.9. The molecule has 4 heterocycles. The van der Waals surface area contributed by atoms with Crippen LogP contribution in [0.2, 0.25) is 0 Å². The Labute approximate surface area is 300 Å². The molecule has 0 spiro atoms. The van der Waals surface area contributed by atoms with Gasteiger partial charge in [0.1, 0.15) is 11.7 Å². The van der Waals surface area contributed by atoms with E-state index in [-0.39, 0.29) is 49.5 Å². The van der Waals surface area contributed by atoms with Gasteiger partial charge in [0.05, 0.1) is 29.9 Å². The van der Waals surface area contributed by atoms with Crippen LogP contribution in [0.1, 0.15) is 98.4 Å². The summed E-state index contributed by atoms with van der Waals surface area (Å²) in [7, 11) is -1.47. The second-order valence-corrected chi connectivity index (χ2v) is 17.5. The summed E-state index contributed by atoms with van der Waals surface area (Å²) in [5, 5.41) is 0. The first kappa shape index (κ1) is 38.4. The van der Waals surface area contributed by atoms with E-state index in [0.29, 0.717) is 30.9 Å². The molecule has 5 atom stereocenters. The van der Waals surface area contributed by atoms with Gasteiger partial charge in [0, 0.05) is 45.1 Å². The molecule has 1 saturated heterocycles. The lowest BCUT2D eigenvalue weighted by atomic mass is 9.90. The largest absolute Gasteiger partial charge is 0.460 e. The summed E-state index contributed by atoms with van der Waals surface area (Å²) in [4.78, 5) is 66.2. The number of nitrogens with one attached hydrogen (secondary N) is 1. The molecule has 2 aliphatic heterocycles. The summed E-state index contributed by atoms with van der Waals surface area (Å²) in [6.45, 7) is 9.37. The average molecular weight is 729 g/mol. The van der Waals surface area contributed by atoms with Gasteiger partial charge in [-0.3, -0.25) is 23.7 Å². The minimum atomic E-state index is -4.11. The van der Waals surface area contributed by atoms with Gasteiger partial charge >= 0.3 is 16.2 Å². The number of carbonyl (C=O) groups excluding carboxylic acids is 4. The lowest BCUT2D eigenvalue weighted by Gasteiger charge is -2.29. The Hall–Kier alpha value is -3.85. The number of ketones is 1. The Balaban J connectivity index is 1.49. The van der Waals surface area contributed by atoms with E-state index in [0.717, 1.165) is 29.1 Å². The molecule has 15 heteroatoms. The molecule has 1 N–H and O–H groups in total. The van der Waals surface area contributed by atoms with Crippen LogP contribution in [0.5, 0.6) is 6.01 Å². The fourth-order valence-electron chi connectivity index (χ4n) is 7.16. The SMILES string of the molecule is CC(C)n1c(O[C@@H]2C[C@H]3C(=O)C[C@]4(C(=O)NS(=O)(=O)N(C)C)C[C@H]4/C=C\CCCCC[C@H](CC(=O)OC(C)(C)C)C(=O)N3C2)nc2ncccc21. The van der Waals surface area contributed by atoms with Gasteiger partial charge in [-0.1, -0.05) is 25.0 Å². The number of nitrogens with zero attached hydrogens (tertiary/aromatic N) is 5. The molecular weight excluding hydrogens is 676 g/mol. The fraction of sp³-hybridized carbons (Fsp3) is 0.667. The Morgan fingerprint density at radius 3 is 2.59 bits per heavy atom. The third kappa shape index (κ3) is 8.79. The summed E-state index contributed by atoms with van der Waals surface area (Å²) in [5.74, 6) is -3.01. The van der Waals surface area contributed by atoms with Crippen molar-refractivity contribution >= 4 is 44.9 Å². The van der Waals surface area contributed by atoms with E-state index in [1.807, 2.05) is 42.7 Å². The highest BCUT2D eigenvalue weighted by molar-refractivity contribution is 7.87. The first-order chi connectivity index (χ1) is 23.9. The standard InChI is InChI=1S/C36H52N6O8S/c1-23(2)42-27-16-13-17-37-31(27)38-34(42)49-26-19-28-29(43)21-36(33(46)39-51(47,48)40(6)7)20-25(36)15-12-10-8-9-11-14-24(32(45)41(28)22-26)18-30(44)50-35(3,4)5/h12-13,15-17,23-26,28H,8-11,14,18-22H2,1-7H3,(H,39,46)/b15-12-/t24-,25-,26-,28+,36-/m1/s1. The number of pyridine rings is 1. The molecule has 0 unspecified atom stereocenters. The van der Waals surface area contributed by atoms with Gasteiger partial charge in [-0.15, -0.1) is 0 Å². The minimum Gasteiger partial charge on any atom is -0.460 e. The Morgan fingerprint density at radius 1 is 1.16 bits per heavy atom. The molecule has 1 aliphatic carbocycles. The first-order valence-corrected chi connectivity index (χ1v) is 19.3. The third-order valence-electron chi connectivity index (χ3n) is 9.89. The number of allylic oxidation sites excluding steroid dienone is 2. The molecule has 2 aromatic rings. The predicted octanol–water partition coefficient (Wildman–Crippen LogP) is 4.12. The van der Waals surface area contributed by atoms with Gasteiger partial charge < -0.3 is 14.4 Å². The number of amides is 2. The Bertz CT molecular complexity index is 1780. The molecule has 280 valence electrons. The highest BCUT2D eigenvalue weighted by Crippen LogP contribution is 2.57. The predicted molar refractivity (Wildman–Crippen MR) is 190 cm³/mol. The number of imidazole rings is 1. The van der Waals surface area contributed by atoms with Crippen molar-refractivity contribution in [3.05, 3.63) is 30.5 Å². The van der Waals surface area contributed by atoms with E-state index in [2.05, 4.69) is 14.7 Å². The molecule has 1 saturated carbocycles. The van der Waals surface area contributed by atoms with Crippen LogP contribution in [0.25, 0.3) is 11.2 Å². The summed E-state index contributed by atoms with van der Waals surface area (Å²) < 4.78 is 42.4. The lowest BCUT2D eigenvalue weighted by Crippen LogP contribution is -2.47. The maximum atomic E-state index is 14.5. The highest BCUT2D eigenvalue weighted by atomic mass is 32.2. The van der Waals surface area contributed by atoms with Crippen molar-refractivity contribution in [3.63, 3.8) is 0 Å². The van der Waals surface area contributed by atoms with E-state index < -0.39 is 51.2 Å². The average Bonchev–Trinajstić information content (AvgIpc) is 3.36. The molecule has 2 amide bonds. The number of aromatic nitrogens is 3. The Kier molecular flexibility index (Phi) is 11.3. The van der Waals surface area contributed by atoms with Gasteiger partial charge in [-0.25, -0.2) is 9.71 Å². The van der Waals surface area contributed by atoms with E-state index in [4.69, 9.17) is 9.47 Å². The van der Waals surface area contributed by atoms with Crippen LogP contribution in [-0.2, 0) is 34.1 Å². The molecule has 51 heavy (non-hydrogen) atoms. The number of hydrogen-bond donors (Lipinski definition) is 1. The van der Waals surface area contributed by atoms with Crippen molar-refractivity contribution in [2.45, 2.75) is 116 Å². The maximum absolute atomic E-state index is 14.5. The van der Waals surface area contributed by atoms with Gasteiger partial charge in [0.25, 0.3) is 6.01 Å². The summed E-state index contributed by atoms with van der Waals surface area (Å²) in [5.41, 5.74) is -0.720. The molecule has 3 aliphatic rings. The number of esters is 1. The van der Waals surface area contributed by atoms with Crippen LogP contribution in [0.3, 0.4) is 0 Å². The molecule has 0 aromatic carbocycles. The van der Waals surface area contributed by atoms with Crippen molar-refractivity contribution in [2.75, 3.05) is 20.6 Å². The molecule has 0 radical (unpaired) electrons. The third-order valence-corrected chi connectivity index (χ3v) is 11.3. The minimum absolute atomic E-state index is 0.0285. The van der Waals surface area contributed by atoms with Gasteiger partial charge in [0.15, 0.2) is 11.4 Å². The molecular formula is C36H52N6O8S. The van der Waals surface area contributed by atoms with Crippen molar-refractivity contribution in [2.24, 2.45) is 17.3 Å². The molecule has 2 aromatic heterocycles. The van der Waals surface area contributed by atoms with Gasteiger partial charge in [-0.2, -0.15) is 17.7 Å². The zero-order valence-electron chi connectivity index (χ0n) is 30.8. The number of Topliss-reactive ketones (excluding diaryl/α,β-unsaturated/α-hetero) is 1. The second kappa shape index (κ2) is 15.0. The molecule has 2 fully saturated rings. The maximum Gasteiger partial charge on any atom is 0.307 e. The van der Waals surface area contributed by atoms with Crippen LogP contribution in [-0.4, -0.2) is 94.1 Å². The van der Waals surface area contributed by atoms with Crippen LogP contribution >= 0.6 is 0 Å². The lowest BCUT2D eigenvalue weighted by molar-refractivity contribution is -0.159. The number of carbonyl (C=O) groups is 4. The number of rotatable bonds is 8. The monoisotopic (exact) mass is 728 g/mol. The quantitative estimate of drug-likeness (QED) is 0.308. The van der Waals surface area contributed by atoms with Crippen LogP contribution in [0.4, 0.5) is 0 Å². The Morgan fingerprint density at radius 2 is 1.90 bits per heavy atom. The normalized spacial score (nSPS) is 27.0. The molecule has 14 nitrogen and oxygen atoms in total. The van der Waals surface area contributed by atoms with Crippen LogP contribution < -0.4 is 9.46 Å². The summed E-state index contributed by atoms with van der Waals surface area (Å²) >= 11 is 0.